The number of hydrogen-bond acceptors (Lipinski definition) is 5. The average molecular weight is 412 g/mol. The van der Waals surface area contributed by atoms with E-state index >= 15 is 0 Å². The summed E-state index contributed by atoms with van der Waals surface area (Å²) in [6, 6.07) is 11.9. The number of nitrogens with one attached hydrogen (secondary N) is 1. The molecule has 0 aliphatic carbocycles. The number of aromatic nitrogens is 2. The van der Waals surface area contributed by atoms with Crippen molar-refractivity contribution in [1.82, 2.24) is 20.2 Å². The first kappa shape index (κ1) is 20.2. The SMILES string of the molecule is CC1CN(C(=O)c2ccc3cc(Oc4ccc(C(F)F)cn4)ccc3n2)CC(C)N1. The second-order valence-electron chi connectivity index (χ2n) is 7.56. The van der Waals surface area contributed by atoms with E-state index < -0.39 is 6.43 Å². The predicted octanol–water partition coefficient (Wildman–Crippen LogP) is 4.18. The van der Waals surface area contributed by atoms with Crippen LogP contribution in [0.1, 0.15) is 36.3 Å². The zero-order chi connectivity index (χ0) is 21.3. The van der Waals surface area contributed by atoms with Crippen molar-refractivity contribution >= 4 is 16.8 Å². The minimum atomic E-state index is -2.57. The minimum absolute atomic E-state index is 0.0826. The number of rotatable bonds is 4. The second kappa shape index (κ2) is 8.31. The molecule has 1 N–H and O–H groups in total. The lowest BCUT2D eigenvalue weighted by Gasteiger charge is -2.36. The number of carbonyl (C=O) groups excluding carboxylic acids is 1. The van der Waals surface area contributed by atoms with Crippen molar-refractivity contribution in [3.05, 3.63) is 59.9 Å². The highest BCUT2D eigenvalue weighted by molar-refractivity contribution is 5.95. The van der Waals surface area contributed by atoms with Gasteiger partial charge in [-0.25, -0.2) is 18.7 Å². The van der Waals surface area contributed by atoms with E-state index in [4.69, 9.17) is 4.74 Å². The molecule has 2 aromatic heterocycles. The van der Waals surface area contributed by atoms with Gasteiger partial charge in [-0.3, -0.25) is 4.79 Å². The highest BCUT2D eigenvalue weighted by Gasteiger charge is 2.26. The third kappa shape index (κ3) is 4.38. The Bertz CT molecular complexity index is 1050. The van der Waals surface area contributed by atoms with Crippen molar-refractivity contribution in [1.29, 1.82) is 0 Å². The van der Waals surface area contributed by atoms with E-state index in [0.29, 0.717) is 30.0 Å². The van der Waals surface area contributed by atoms with Gasteiger partial charge < -0.3 is 15.0 Å². The summed E-state index contributed by atoms with van der Waals surface area (Å²) in [5.41, 5.74) is 0.919. The van der Waals surface area contributed by atoms with Gasteiger partial charge in [-0.15, -0.1) is 0 Å². The number of amides is 1. The Hall–Kier alpha value is -3.13. The molecule has 3 aromatic rings. The summed E-state index contributed by atoms with van der Waals surface area (Å²) in [4.78, 5) is 23.1. The summed E-state index contributed by atoms with van der Waals surface area (Å²) >= 11 is 0. The Morgan fingerprint density at radius 1 is 1.13 bits per heavy atom. The quantitative estimate of drug-likeness (QED) is 0.696. The first-order valence-electron chi connectivity index (χ1n) is 9.77. The number of pyridine rings is 2. The number of carbonyl (C=O) groups is 1. The lowest BCUT2D eigenvalue weighted by Crippen LogP contribution is -2.55. The number of hydrogen-bond donors (Lipinski definition) is 1. The molecule has 1 amide bonds. The van der Waals surface area contributed by atoms with Crippen LogP contribution in [0.15, 0.2) is 48.7 Å². The molecule has 0 saturated carbocycles. The van der Waals surface area contributed by atoms with Gasteiger partial charge in [0.1, 0.15) is 11.4 Å². The van der Waals surface area contributed by atoms with Crippen LogP contribution in [0.5, 0.6) is 11.6 Å². The number of alkyl halides is 2. The van der Waals surface area contributed by atoms with Crippen molar-refractivity contribution in [3.63, 3.8) is 0 Å². The first-order chi connectivity index (χ1) is 14.4. The third-order valence-electron chi connectivity index (χ3n) is 4.96. The van der Waals surface area contributed by atoms with Crippen molar-refractivity contribution < 1.29 is 18.3 Å². The predicted molar refractivity (Wildman–Crippen MR) is 109 cm³/mol. The average Bonchev–Trinajstić information content (AvgIpc) is 2.72. The zero-order valence-electron chi connectivity index (χ0n) is 16.7. The van der Waals surface area contributed by atoms with Gasteiger partial charge in [-0.1, -0.05) is 6.07 Å². The van der Waals surface area contributed by atoms with Crippen LogP contribution in [0.2, 0.25) is 0 Å². The Morgan fingerprint density at radius 2 is 1.90 bits per heavy atom. The number of fused-ring (bicyclic) bond motifs is 1. The highest BCUT2D eigenvalue weighted by Crippen LogP contribution is 2.26. The first-order valence-corrected chi connectivity index (χ1v) is 9.77. The third-order valence-corrected chi connectivity index (χ3v) is 4.96. The van der Waals surface area contributed by atoms with E-state index in [1.807, 2.05) is 11.0 Å². The minimum Gasteiger partial charge on any atom is -0.439 e. The number of halogens is 2. The van der Waals surface area contributed by atoms with Crippen molar-refractivity contribution in [2.45, 2.75) is 32.4 Å². The Balaban J connectivity index is 1.51. The van der Waals surface area contributed by atoms with Crippen LogP contribution in [-0.2, 0) is 0 Å². The standard InChI is InChI=1S/C22H22F2N4O2/c1-13-11-28(12-14(2)26-13)22(29)19-6-3-15-9-17(5-7-18(15)27-19)30-20-8-4-16(10-25-20)21(23)24/h3-10,13-14,21,26H,11-12H2,1-2H3. The lowest BCUT2D eigenvalue weighted by atomic mass is 10.1. The Morgan fingerprint density at radius 3 is 2.57 bits per heavy atom. The summed E-state index contributed by atoms with van der Waals surface area (Å²) in [5, 5.41) is 4.21. The highest BCUT2D eigenvalue weighted by atomic mass is 19.3. The molecule has 6 nitrogen and oxygen atoms in total. The van der Waals surface area contributed by atoms with Gasteiger partial charge in [0.2, 0.25) is 5.88 Å². The zero-order valence-corrected chi connectivity index (χ0v) is 16.7. The normalized spacial score (nSPS) is 19.3. The van der Waals surface area contributed by atoms with Crippen LogP contribution in [0.4, 0.5) is 8.78 Å². The summed E-state index contributed by atoms with van der Waals surface area (Å²) < 4.78 is 30.9. The largest absolute Gasteiger partial charge is 0.439 e. The molecule has 2 unspecified atom stereocenters. The van der Waals surface area contributed by atoms with Crippen molar-refractivity contribution in [2.75, 3.05) is 13.1 Å². The van der Waals surface area contributed by atoms with Crippen molar-refractivity contribution in [3.8, 4) is 11.6 Å². The topological polar surface area (TPSA) is 67.4 Å². The summed E-state index contributed by atoms with van der Waals surface area (Å²) in [6.45, 7) is 5.41. The smallest absolute Gasteiger partial charge is 0.272 e. The molecule has 4 rings (SSSR count). The summed E-state index contributed by atoms with van der Waals surface area (Å²) in [5.74, 6) is 0.645. The fourth-order valence-electron chi connectivity index (χ4n) is 3.64. The molecule has 156 valence electrons. The van der Waals surface area contributed by atoms with Gasteiger partial charge in [0.05, 0.1) is 5.52 Å². The molecule has 1 fully saturated rings. The fourth-order valence-corrected chi connectivity index (χ4v) is 3.64. The monoisotopic (exact) mass is 412 g/mol. The van der Waals surface area contributed by atoms with Gasteiger partial charge in [-0.2, -0.15) is 0 Å². The molecule has 1 aromatic carbocycles. The summed E-state index contributed by atoms with van der Waals surface area (Å²) in [7, 11) is 0. The molecule has 1 saturated heterocycles. The van der Waals surface area contributed by atoms with Gasteiger partial charge >= 0.3 is 0 Å². The van der Waals surface area contributed by atoms with E-state index in [1.54, 1.807) is 24.3 Å². The van der Waals surface area contributed by atoms with Crippen molar-refractivity contribution in [2.24, 2.45) is 0 Å². The molecule has 0 bridgehead atoms. The Kier molecular flexibility index (Phi) is 5.59. The molecule has 1 aliphatic heterocycles. The summed E-state index contributed by atoms with van der Waals surface area (Å²) in [6.07, 6.45) is -1.47. The molecule has 1 aliphatic rings. The number of nitrogens with zero attached hydrogens (tertiary/aromatic N) is 3. The molecule has 2 atom stereocenters. The molecular weight excluding hydrogens is 390 g/mol. The molecule has 8 heteroatoms. The Labute approximate surface area is 172 Å². The molecule has 3 heterocycles. The molecule has 30 heavy (non-hydrogen) atoms. The molecule has 0 radical (unpaired) electrons. The van der Waals surface area contributed by atoms with Gasteiger partial charge in [-0.05, 0) is 44.2 Å². The fraction of sp³-hybridized carbons (Fsp3) is 0.318. The van der Waals surface area contributed by atoms with E-state index in [2.05, 4.69) is 29.1 Å². The maximum absolute atomic E-state index is 12.9. The number of benzene rings is 1. The van der Waals surface area contributed by atoms with Crippen LogP contribution >= 0.6 is 0 Å². The lowest BCUT2D eigenvalue weighted by molar-refractivity contribution is 0.0668. The maximum atomic E-state index is 12.9. The molecule has 0 spiro atoms. The second-order valence-corrected chi connectivity index (χ2v) is 7.56. The van der Waals surface area contributed by atoms with E-state index in [1.165, 1.54) is 12.1 Å². The van der Waals surface area contributed by atoms with Gasteiger partial charge in [0.15, 0.2) is 0 Å². The van der Waals surface area contributed by atoms with E-state index in [-0.39, 0.29) is 29.4 Å². The van der Waals surface area contributed by atoms with Gasteiger partial charge in [0.25, 0.3) is 12.3 Å². The van der Waals surface area contributed by atoms with E-state index in [0.717, 1.165) is 11.6 Å². The van der Waals surface area contributed by atoms with Gasteiger partial charge in [0, 0.05) is 48.4 Å². The van der Waals surface area contributed by atoms with Crippen LogP contribution < -0.4 is 10.1 Å². The number of ether oxygens (including phenoxy) is 1. The molecular formula is C22H22F2N4O2. The van der Waals surface area contributed by atoms with E-state index in [9.17, 15) is 13.6 Å². The van der Waals surface area contributed by atoms with Crippen LogP contribution in [-0.4, -0.2) is 45.9 Å². The van der Waals surface area contributed by atoms with Crippen LogP contribution in [0, 0.1) is 0 Å². The maximum Gasteiger partial charge on any atom is 0.272 e. The van der Waals surface area contributed by atoms with Crippen LogP contribution in [0.25, 0.3) is 10.9 Å². The van der Waals surface area contributed by atoms with Crippen LogP contribution in [0.3, 0.4) is 0 Å². The number of piperazine rings is 1.